The molecule has 3 N–H and O–H groups in total. The molecule has 6 nitrogen and oxygen atoms in total. The van der Waals surface area contributed by atoms with Gasteiger partial charge in [0, 0.05) is 29.6 Å². The van der Waals surface area contributed by atoms with Crippen molar-refractivity contribution in [2.45, 2.75) is 0 Å². The van der Waals surface area contributed by atoms with Crippen molar-refractivity contribution < 1.29 is 4.74 Å². The summed E-state index contributed by atoms with van der Waals surface area (Å²) in [5.74, 6) is 1.05. The number of nitrogens with zero attached hydrogens (tertiary/aromatic N) is 2. The molecule has 0 bridgehead atoms. The minimum Gasteiger partial charge on any atom is -0.495 e. The van der Waals surface area contributed by atoms with Crippen LogP contribution in [0.2, 0.25) is 0 Å². The monoisotopic (exact) mass is 294 g/mol. The third-order valence-corrected chi connectivity index (χ3v) is 3.20. The zero-order valence-electron chi connectivity index (χ0n) is 11.9. The fourth-order valence-corrected chi connectivity index (χ4v) is 2.14. The lowest BCUT2D eigenvalue weighted by atomic mass is 10.1. The molecule has 3 rings (SSSR count). The third kappa shape index (κ3) is 2.67. The van der Waals surface area contributed by atoms with Crippen LogP contribution in [-0.4, -0.2) is 22.1 Å². The van der Waals surface area contributed by atoms with Crippen molar-refractivity contribution in [3.63, 3.8) is 0 Å². The van der Waals surface area contributed by atoms with Crippen molar-refractivity contribution in [2.75, 3.05) is 12.8 Å². The van der Waals surface area contributed by atoms with Crippen LogP contribution in [0.1, 0.15) is 0 Å². The van der Waals surface area contributed by atoms with Gasteiger partial charge in [-0.15, -0.1) is 0 Å². The van der Waals surface area contributed by atoms with Gasteiger partial charge in [-0.2, -0.15) is 0 Å². The average Bonchev–Trinajstić information content (AvgIpc) is 2.55. The highest BCUT2D eigenvalue weighted by atomic mass is 16.5. The van der Waals surface area contributed by atoms with Gasteiger partial charge >= 0.3 is 0 Å². The standard InChI is InChI=1S/C16H14N4O2/c1-22-14-5-4-10(7-12(14)17)13-8-15(21)20-16(19-13)11-3-2-6-18-9-11/h2-9H,17H2,1H3,(H,19,20,21). The molecule has 0 aliphatic heterocycles. The molecule has 2 aromatic heterocycles. The molecule has 3 aromatic rings. The summed E-state index contributed by atoms with van der Waals surface area (Å²) in [6, 6.07) is 10.3. The summed E-state index contributed by atoms with van der Waals surface area (Å²) in [4.78, 5) is 23.1. The van der Waals surface area contributed by atoms with Crippen molar-refractivity contribution in [1.82, 2.24) is 15.0 Å². The van der Waals surface area contributed by atoms with Gasteiger partial charge in [-0.1, -0.05) is 0 Å². The Bertz CT molecular complexity index is 860. The van der Waals surface area contributed by atoms with E-state index in [1.54, 1.807) is 37.7 Å². The van der Waals surface area contributed by atoms with Gasteiger partial charge in [-0.3, -0.25) is 9.78 Å². The zero-order chi connectivity index (χ0) is 15.5. The number of hydrogen-bond donors (Lipinski definition) is 2. The number of nitrogens with one attached hydrogen (secondary N) is 1. The highest BCUT2D eigenvalue weighted by molar-refractivity contribution is 5.69. The van der Waals surface area contributed by atoms with Gasteiger partial charge in [0.15, 0.2) is 0 Å². The summed E-state index contributed by atoms with van der Waals surface area (Å²) < 4.78 is 5.13. The Labute approximate surface area is 126 Å². The van der Waals surface area contributed by atoms with Crippen LogP contribution < -0.4 is 16.0 Å². The van der Waals surface area contributed by atoms with Crippen molar-refractivity contribution >= 4 is 5.69 Å². The first-order valence-electron chi connectivity index (χ1n) is 6.63. The van der Waals surface area contributed by atoms with Gasteiger partial charge in [0.25, 0.3) is 5.56 Å². The number of anilines is 1. The molecule has 0 atom stereocenters. The maximum Gasteiger partial charge on any atom is 0.251 e. The van der Waals surface area contributed by atoms with Gasteiger partial charge in [-0.05, 0) is 30.3 Å². The summed E-state index contributed by atoms with van der Waals surface area (Å²) in [5, 5.41) is 0. The molecule has 0 unspecified atom stereocenters. The Morgan fingerprint density at radius 3 is 2.73 bits per heavy atom. The second-order valence-electron chi connectivity index (χ2n) is 4.68. The number of aromatic amines is 1. The van der Waals surface area contributed by atoms with E-state index in [2.05, 4.69) is 15.0 Å². The average molecular weight is 294 g/mol. The first-order valence-corrected chi connectivity index (χ1v) is 6.63. The van der Waals surface area contributed by atoms with Crippen molar-refractivity contribution in [3.8, 4) is 28.4 Å². The van der Waals surface area contributed by atoms with Crippen LogP contribution in [0.5, 0.6) is 5.75 Å². The van der Waals surface area contributed by atoms with Crippen LogP contribution in [0.3, 0.4) is 0 Å². The number of nitrogen functional groups attached to an aromatic ring is 1. The minimum absolute atomic E-state index is 0.238. The van der Waals surface area contributed by atoms with Crippen molar-refractivity contribution in [2.24, 2.45) is 0 Å². The second kappa shape index (κ2) is 5.69. The summed E-state index contributed by atoms with van der Waals surface area (Å²) >= 11 is 0. The van der Waals surface area contributed by atoms with Crippen LogP contribution in [0.15, 0.2) is 53.6 Å². The number of H-pyrrole nitrogens is 1. The topological polar surface area (TPSA) is 93.9 Å². The quantitative estimate of drug-likeness (QED) is 0.721. The van der Waals surface area contributed by atoms with Crippen LogP contribution in [-0.2, 0) is 0 Å². The third-order valence-electron chi connectivity index (χ3n) is 3.20. The molecule has 0 saturated heterocycles. The molecule has 22 heavy (non-hydrogen) atoms. The molecule has 0 saturated carbocycles. The molecule has 0 aliphatic carbocycles. The van der Waals surface area contributed by atoms with E-state index in [-0.39, 0.29) is 5.56 Å². The van der Waals surface area contributed by atoms with Crippen molar-refractivity contribution in [3.05, 3.63) is 59.1 Å². The van der Waals surface area contributed by atoms with E-state index in [9.17, 15) is 4.79 Å². The molecule has 110 valence electrons. The molecule has 0 radical (unpaired) electrons. The van der Waals surface area contributed by atoms with Gasteiger partial charge in [-0.25, -0.2) is 4.98 Å². The fourth-order valence-electron chi connectivity index (χ4n) is 2.14. The van der Waals surface area contributed by atoms with E-state index in [0.717, 1.165) is 11.1 Å². The van der Waals surface area contributed by atoms with Gasteiger partial charge in [0.05, 0.1) is 18.5 Å². The molecule has 0 amide bonds. The minimum atomic E-state index is -0.238. The number of hydrogen-bond acceptors (Lipinski definition) is 5. The largest absolute Gasteiger partial charge is 0.495 e. The molecule has 0 aliphatic rings. The van der Waals surface area contributed by atoms with Gasteiger partial charge < -0.3 is 15.5 Å². The molecule has 2 heterocycles. The predicted molar refractivity (Wildman–Crippen MR) is 84.5 cm³/mol. The maximum atomic E-state index is 11.9. The SMILES string of the molecule is COc1ccc(-c2cc(=O)[nH]c(-c3cccnc3)n2)cc1N. The number of ether oxygens (including phenoxy) is 1. The molecular weight excluding hydrogens is 280 g/mol. The molecule has 6 heteroatoms. The summed E-state index contributed by atoms with van der Waals surface area (Å²) in [5.41, 5.74) is 8.18. The van der Waals surface area contributed by atoms with E-state index in [4.69, 9.17) is 10.5 Å². The molecule has 1 aromatic carbocycles. The lowest BCUT2D eigenvalue weighted by molar-refractivity contribution is 0.417. The predicted octanol–water partition coefficient (Wildman–Crippen LogP) is 2.09. The number of aromatic nitrogens is 3. The summed E-state index contributed by atoms with van der Waals surface area (Å²) in [7, 11) is 1.55. The number of benzene rings is 1. The fraction of sp³-hybridized carbons (Fsp3) is 0.0625. The van der Waals surface area contributed by atoms with E-state index in [1.165, 1.54) is 6.07 Å². The highest BCUT2D eigenvalue weighted by Gasteiger charge is 2.08. The number of methoxy groups -OCH3 is 1. The van der Waals surface area contributed by atoms with Crippen LogP contribution in [0.25, 0.3) is 22.6 Å². The Balaban J connectivity index is 2.10. The zero-order valence-corrected chi connectivity index (χ0v) is 11.9. The highest BCUT2D eigenvalue weighted by Crippen LogP contribution is 2.27. The summed E-state index contributed by atoms with van der Waals surface area (Å²) in [6.45, 7) is 0. The maximum absolute atomic E-state index is 11.9. The van der Waals surface area contributed by atoms with E-state index in [1.807, 2.05) is 12.1 Å². The van der Waals surface area contributed by atoms with Crippen LogP contribution in [0.4, 0.5) is 5.69 Å². The molecular formula is C16H14N4O2. The Morgan fingerprint density at radius 1 is 1.18 bits per heavy atom. The van der Waals surface area contributed by atoms with E-state index < -0.39 is 0 Å². The lowest BCUT2D eigenvalue weighted by Gasteiger charge is -2.08. The number of rotatable bonds is 3. The smallest absolute Gasteiger partial charge is 0.251 e. The van der Waals surface area contributed by atoms with E-state index in [0.29, 0.717) is 23.0 Å². The normalized spacial score (nSPS) is 10.4. The Kier molecular flexibility index (Phi) is 3.57. The Morgan fingerprint density at radius 2 is 2.05 bits per heavy atom. The molecule has 0 spiro atoms. The van der Waals surface area contributed by atoms with Gasteiger partial charge in [0.2, 0.25) is 0 Å². The van der Waals surface area contributed by atoms with Crippen LogP contribution in [0, 0.1) is 0 Å². The number of nitrogens with two attached hydrogens (primary N) is 1. The van der Waals surface area contributed by atoms with E-state index >= 15 is 0 Å². The Hall–Kier alpha value is -3.15. The second-order valence-corrected chi connectivity index (χ2v) is 4.68. The molecule has 0 fully saturated rings. The van der Waals surface area contributed by atoms with Crippen molar-refractivity contribution in [1.29, 1.82) is 0 Å². The van der Waals surface area contributed by atoms with Crippen LogP contribution >= 0.6 is 0 Å². The lowest BCUT2D eigenvalue weighted by Crippen LogP contribution is -2.08. The number of pyridine rings is 1. The first-order chi connectivity index (χ1) is 10.7. The summed E-state index contributed by atoms with van der Waals surface area (Å²) in [6.07, 6.45) is 3.31. The first kappa shape index (κ1) is 13.8. The van der Waals surface area contributed by atoms with Gasteiger partial charge in [0.1, 0.15) is 11.6 Å².